The van der Waals surface area contributed by atoms with Crippen LogP contribution < -0.4 is 0 Å². The van der Waals surface area contributed by atoms with Crippen molar-refractivity contribution in [2.45, 2.75) is 13.8 Å². The lowest BCUT2D eigenvalue weighted by Crippen LogP contribution is -2.26. The summed E-state index contributed by atoms with van der Waals surface area (Å²) in [6.07, 6.45) is 0. The molecule has 0 N–H and O–H groups in total. The molecular weight excluding hydrogens is 190 g/mol. The van der Waals surface area contributed by atoms with Crippen LogP contribution in [0, 0.1) is 0 Å². The highest BCUT2D eigenvalue weighted by Gasteiger charge is 1.87. The van der Waals surface area contributed by atoms with Gasteiger partial charge in [-0.05, 0) is 63.2 Å². The summed E-state index contributed by atoms with van der Waals surface area (Å²) in [6.45, 7) is 4.08. The summed E-state index contributed by atoms with van der Waals surface area (Å²) in [7, 11) is 14.2. The molecule has 4 nitrogen and oxygen atoms in total. The predicted octanol–water partition coefficient (Wildman–Crippen LogP) is 0.840. The zero-order chi connectivity index (χ0) is 13.0. The van der Waals surface area contributed by atoms with E-state index < -0.39 is 0 Å². The van der Waals surface area contributed by atoms with Gasteiger partial charge >= 0.3 is 0 Å². The van der Waals surface area contributed by atoms with Crippen LogP contribution >= 0.6 is 0 Å². The molecule has 0 atom stereocenters. The largest absolute Gasteiger partial charge is 0.312 e. The lowest BCUT2D eigenvalue weighted by molar-refractivity contribution is -0.114. The molecule has 0 aromatic rings. The quantitative estimate of drug-likeness (QED) is 0.643. The molecule has 0 saturated carbocycles. The fraction of sp³-hybridized carbons (Fsp3) is 0.909. The Labute approximate surface area is 95.8 Å². The second-order valence-electron chi connectivity index (χ2n) is 4.55. The number of nitrogens with zero attached hydrogens (tertiary/aromatic N) is 3. The first-order chi connectivity index (χ1) is 6.59. The number of carbonyl (C=O) groups excluding carboxylic acids is 1. The molecule has 15 heavy (non-hydrogen) atoms. The van der Waals surface area contributed by atoms with Crippen LogP contribution in [0.15, 0.2) is 0 Å². The average Bonchev–Trinajstić information content (AvgIpc) is 1.78. The molecule has 0 heterocycles. The van der Waals surface area contributed by atoms with Gasteiger partial charge in [0.25, 0.3) is 0 Å². The van der Waals surface area contributed by atoms with Crippen molar-refractivity contribution in [2.24, 2.45) is 0 Å². The minimum atomic E-state index is 0.167. The number of Topliss-reactive ketones (excluding diaryl/α,β-unsaturated/α-hetero) is 1. The number of hydrogen-bond donors (Lipinski definition) is 0. The van der Waals surface area contributed by atoms with Gasteiger partial charge in [-0.25, -0.2) is 0 Å². The van der Waals surface area contributed by atoms with Gasteiger partial charge in [-0.2, -0.15) is 0 Å². The number of carbonyl (C=O) groups is 1. The van der Waals surface area contributed by atoms with E-state index in [2.05, 4.69) is 38.0 Å². The van der Waals surface area contributed by atoms with Crippen LogP contribution in [0.25, 0.3) is 0 Å². The topological polar surface area (TPSA) is 26.8 Å². The van der Waals surface area contributed by atoms with Gasteiger partial charge in [0, 0.05) is 6.67 Å². The molecule has 4 heteroatoms. The average molecular weight is 219 g/mol. The van der Waals surface area contributed by atoms with Gasteiger partial charge in [-0.15, -0.1) is 0 Å². The molecule has 0 aliphatic carbocycles. The maximum atomic E-state index is 9.44. The molecule has 0 aliphatic heterocycles. The molecule has 0 radical (unpaired) electrons. The Bertz CT molecular complexity index is 121. The minimum absolute atomic E-state index is 0.167. The third-order valence-corrected chi connectivity index (χ3v) is 0.566. The molecule has 0 aromatic heterocycles. The smallest absolute Gasteiger partial charge is 0.126 e. The van der Waals surface area contributed by atoms with Crippen molar-refractivity contribution in [3.8, 4) is 0 Å². The first-order valence-electron chi connectivity index (χ1n) is 4.97. The van der Waals surface area contributed by atoms with Crippen molar-refractivity contribution >= 4 is 5.78 Å². The second kappa shape index (κ2) is 13.5. The summed E-state index contributed by atoms with van der Waals surface area (Å²) >= 11 is 0. The first kappa shape index (κ1) is 20.0. The molecule has 0 aromatic carbocycles. The summed E-state index contributed by atoms with van der Waals surface area (Å²) in [6, 6.07) is 0. The summed E-state index contributed by atoms with van der Waals surface area (Å²) in [4.78, 5) is 15.7. The second-order valence-corrected chi connectivity index (χ2v) is 4.55. The van der Waals surface area contributed by atoms with E-state index >= 15 is 0 Å². The Balaban J connectivity index is -0.000000155. The number of ketones is 1. The Kier molecular flexibility index (Phi) is 18.1. The molecule has 0 rings (SSSR count). The van der Waals surface area contributed by atoms with E-state index in [4.69, 9.17) is 0 Å². The molecule has 0 bridgehead atoms. The summed E-state index contributed by atoms with van der Waals surface area (Å²) in [5.41, 5.74) is 0. The van der Waals surface area contributed by atoms with E-state index in [1.807, 2.05) is 26.0 Å². The zero-order valence-corrected chi connectivity index (χ0v) is 12.0. The van der Waals surface area contributed by atoms with Crippen LogP contribution in [0.5, 0.6) is 0 Å². The lowest BCUT2D eigenvalue weighted by atomic mass is 10.6. The first-order valence-corrected chi connectivity index (χ1v) is 4.97. The molecule has 0 spiro atoms. The fourth-order valence-electron chi connectivity index (χ4n) is 0.566. The molecule has 0 unspecified atom stereocenters. The maximum Gasteiger partial charge on any atom is 0.126 e. The molecule has 94 valence electrons. The standard InChI is InChI=1S/C5H14N2.C3H9N.C3H6O/c1-6(2)5-7(3)4;1-4(2)3;1-3(2)4/h5H2,1-4H3;1-3H3;1-2H3. The third-order valence-electron chi connectivity index (χ3n) is 0.566. The Hall–Kier alpha value is -0.450. The van der Waals surface area contributed by atoms with Gasteiger partial charge in [-0.3, -0.25) is 9.80 Å². The summed E-state index contributed by atoms with van der Waals surface area (Å²) in [5, 5.41) is 0. The third kappa shape index (κ3) is 143. The highest BCUT2D eigenvalue weighted by atomic mass is 16.1. The normalized spacial score (nSPS) is 9.33. The van der Waals surface area contributed by atoms with E-state index in [0.717, 1.165) is 6.67 Å². The van der Waals surface area contributed by atoms with E-state index in [9.17, 15) is 4.79 Å². The summed E-state index contributed by atoms with van der Waals surface area (Å²) < 4.78 is 0. The fourth-order valence-corrected chi connectivity index (χ4v) is 0.566. The zero-order valence-electron chi connectivity index (χ0n) is 12.0. The van der Waals surface area contributed by atoms with Gasteiger partial charge in [-0.1, -0.05) is 0 Å². The van der Waals surface area contributed by atoms with Crippen molar-refractivity contribution in [1.82, 2.24) is 14.7 Å². The van der Waals surface area contributed by atoms with Gasteiger partial charge in [0.1, 0.15) is 5.78 Å². The van der Waals surface area contributed by atoms with Crippen LogP contribution in [0.2, 0.25) is 0 Å². The van der Waals surface area contributed by atoms with Crippen LogP contribution in [-0.4, -0.2) is 76.5 Å². The number of rotatable bonds is 2. The molecule has 0 saturated heterocycles. The van der Waals surface area contributed by atoms with E-state index in [1.54, 1.807) is 0 Å². The Morgan fingerprint density at radius 3 is 0.933 bits per heavy atom. The van der Waals surface area contributed by atoms with Crippen molar-refractivity contribution < 1.29 is 4.79 Å². The SMILES string of the molecule is CC(C)=O.CN(C)C.CN(C)CN(C)C. The van der Waals surface area contributed by atoms with Crippen LogP contribution in [0.3, 0.4) is 0 Å². The van der Waals surface area contributed by atoms with Crippen LogP contribution in [0.1, 0.15) is 13.8 Å². The summed E-state index contributed by atoms with van der Waals surface area (Å²) in [5.74, 6) is 0.167. The maximum absolute atomic E-state index is 9.44. The van der Waals surface area contributed by atoms with Crippen LogP contribution in [0.4, 0.5) is 0 Å². The van der Waals surface area contributed by atoms with Crippen molar-refractivity contribution in [3.63, 3.8) is 0 Å². The van der Waals surface area contributed by atoms with Gasteiger partial charge in [0.05, 0.1) is 0 Å². The van der Waals surface area contributed by atoms with Crippen LogP contribution in [-0.2, 0) is 4.79 Å². The Morgan fingerprint density at radius 2 is 0.933 bits per heavy atom. The monoisotopic (exact) mass is 219 g/mol. The Morgan fingerprint density at radius 1 is 0.800 bits per heavy atom. The molecule has 0 amide bonds. The van der Waals surface area contributed by atoms with E-state index in [0.29, 0.717) is 0 Å². The highest BCUT2D eigenvalue weighted by Crippen LogP contribution is 1.74. The van der Waals surface area contributed by atoms with Gasteiger partial charge < -0.3 is 9.69 Å². The van der Waals surface area contributed by atoms with Crippen molar-refractivity contribution in [3.05, 3.63) is 0 Å². The molecule has 0 aliphatic rings. The van der Waals surface area contributed by atoms with E-state index in [1.165, 1.54) is 13.8 Å². The lowest BCUT2D eigenvalue weighted by Gasteiger charge is -2.14. The predicted molar refractivity (Wildman–Crippen MR) is 68.2 cm³/mol. The minimum Gasteiger partial charge on any atom is -0.312 e. The van der Waals surface area contributed by atoms with E-state index in [-0.39, 0.29) is 5.78 Å². The van der Waals surface area contributed by atoms with Crippen molar-refractivity contribution in [1.29, 1.82) is 0 Å². The van der Waals surface area contributed by atoms with Gasteiger partial charge in [0.15, 0.2) is 0 Å². The molecular formula is C11H29N3O. The van der Waals surface area contributed by atoms with Gasteiger partial charge in [0.2, 0.25) is 0 Å². The molecule has 0 fully saturated rings. The van der Waals surface area contributed by atoms with Crippen molar-refractivity contribution in [2.75, 3.05) is 56.0 Å². The highest BCUT2D eigenvalue weighted by molar-refractivity contribution is 5.72. The number of hydrogen-bond acceptors (Lipinski definition) is 4.